The van der Waals surface area contributed by atoms with Gasteiger partial charge in [-0.15, -0.1) is 0 Å². The molecule has 0 fully saturated rings. The first-order valence-electron chi connectivity index (χ1n) is 11.2. The Balaban J connectivity index is 1.62. The molecule has 0 atom stereocenters. The monoisotopic (exact) mass is 463 g/mol. The molecule has 4 rings (SSSR count). The van der Waals surface area contributed by atoms with Crippen molar-refractivity contribution in [3.63, 3.8) is 0 Å². The van der Waals surface area contributed by atoms with Crippen LogP contribution in [0.25, 0.3) is 17.0 Å². The Labute approximate surface area is 198 Å². The molecule has 0 bridgehead atoms. The minimum absolute atomic E-state index is 0.197. The fourth-order valence-electron chi connectivity index (χ4n) is 3.98. The van der Waals surface area contributed by atoms with E-state index in [0.717, 1.165) is 28.8 Å². The van der Waals surface area contributed by atoms with Crippen LogP contribution in [0.5, 0.6) is 17.2 Å². The highest BCUT2D eigenvalue weighted by Gasteiger charge is 2.31. The van der Waals surface area contributed by atoms with Gasteiger partial charge in [-0.05, 0) is 71.0 Å². The van der Waals surface area contributed by atoms with Crippen LogP contribution in [0.1, 0.15) is 49.2 Å². The van der Waals surface area contributed by atoms with E-state index in [1.807, 2.05) is 24.4 Å². The highest BCUT2D eigenvalue weighted by molar-refractivity contribution is 6.15. The summed E-state index contributed by atoms with van der Waals surface area (Å²) in [5.41, 5.74) is 2.44. The fourth-order valence-corrected chi connectivity index (χ4v) is 3.98. The number of Topliss-reactive ketones (excluding diaryl/α,β-unsaturated/α-hetero) is 1. The van der Waals surface area contributed by atoms with Gasteiger partial charge < -0.3 is 23.5 Å². The van der Waals surface area contributed by atoms with Crippen molar-refractivity contribution in [2.75, 3.05) is 13.7 Å². The van der Waals surface area contributed by atoms with E-state index in [2.05, 4.69) is 11.5 Å². The maximum Gasteiger partial charge on any atom is 0.344 e. The molecule has 7 nitrogen and oxygen atoms in total. The SMILES string of the molecule is CCn1cc(/C=C2/Oc3c(ccc(OCC(=O)OC(C)(C)C)c3C)C2=O)c2cc(OC)ccc21. The molecule has 2 aromatic carbocycles. The maximum absolute atomic E-state index is 13.1. The molecule has 0 N–H and O–H groups in total. The number of rotatable bonds is 6. The summed E-state index contributed by atoms with van der Waals surface area (Å²) < 4.78 is 24.4. The Hall–Kier alpha value is -3.74. The molecule has 1 aliphatic rings. The first-order chi connectivity index (χ1) is 16.1. The summed E-state index contributed by atoms with van der Waals surface area (Å²) in [4.78, 5) is 25.1. The zero-order chi connectivity index (χ0) is 24.6. The number of aryl methyl sites for hydroxylation is 1. The van der Waals surface area contributed by atoms with E-state index in [4.69, 9.17) is 18.9 Å². The lowest BCUT2D eigenvalue weighted by atomic mass is 10.1. The molecule has 3 aromatic rings. The molecule has 0 saturated carbocycles. The third kappa shape index (κ3) is 4.51. The van der Waals surface area contributed by atoms with Crippen molar-refractivity contribution in [1.82, 2.24) is 4.57 Å². The van der Waals surface area contributed by atoms with E-state index in [-0.39, 0.29) is 18.1 Å². The number of nitrogens with zero attached hydrogens (tertiary/aromatic N) is 1. The summed E-state index contributed by atoms with van der Waals surface area (Å²) in [6, 6.07) is 9.21. The fraction of sp³-hybridized carbons (Fsp3) is 0.333. The minimum atomic E-state index is -0.590. The van der Waals surface area contributed by atoms with E-state index in [9.17, 15) is 9.59 Å². The molecule has 178 valence electrons. The predicted octanol–water partition coefficient (Wildman–Crippen LogP) is 5.31. The number of ether oxygens (including phenoxy) is 4. The van der Waals surface area contributed by atoms with Crippen LogP contribution < -0.4 is 14.2 Å². The highest BCUT2D eigenvalue weighted by Crippen LogP contribution is 2.40. The molecular formula is C27H29NO6. The molecule has 0 saturated heterocycles. The lowest BCUT2D eigenvalue weighted by Crippen LogP contribution is -2.27. The van der Waals surface area contributed by atoms with Gasteiger partial charge in [-0.2, -0.15) is 0 Å². The number of carbonyl (C=O) groups is 2. The molecule has 0 spiro atoms. The van der Waals surface area contributed by atoms with Gasteiger partial charge in [0.1, 0.15) is 22.8 Å². The second-order valence-corrected chi connectivity index (χ2v) is 9.13. The zero-order valence-electron chi connectivity index (χ0n) is 20.4. The quantitative estimate of drug-likeness (QED) is 0.364. The molecule has 0 aliphatic carbocycles. The lowest BCUT2D eigenvalue weighted by Gasteiger charge is -2.19. The average molecular weight is 464 g/mol. The van der Waals surface area contributed by atoms with E-state index >= 15 is 0 Å². The van der Waals surface area contributed by atoms with Crippen LogP contribution in [-0.2, 0) is 16.1 Å². The second-order valence-electron chi connectivity index (χ2n) is 9.13. The van der Waals surface area contributed by atoms with Crippen LogP contribution >= 0.6 is 0 Å². The van der Waals surface area contributed by atoms with Gasteiger partial charge in [0.25, 0.3) is 0 Å². The Morgan fingerprint density at radius 2 is 1.94 bits per heavy atom. The van der Waals surface area contributed by atoms with Crippen LogP contribution in [0, 0.1) is 6.92 Å². The summed E-state index contributed by atoms with van der Waals surface area (Å²) in [7, 11) is 1.63. The van der Waals surface area contributed by atoms with E-state index in [1.54, 1.807) is 53.0 Å². The Morgan fingerprint density at radius 1 is 1.18 bits per heavy atom. The topological polar surface area (TPSA) is 76.0 Å². The van der Waals surface area contributed by atoms with Crippen LogP contribution in [0.2, 0.25) is 0 Å². The van der Waals surface area contributed by atoms with E-state index < -0.39 is 11.6 Å². The van der Waals surface area contributed by atoms with Crippen molar-refractivity contribution in [2.24, 2.45) is 0 Å². The molecule has 0 unspecified atom stereocenters. The summed E-state index contributed by atoms with van der Waals surface area (Å²) in [6.07, 6.45) is 3.76. The lowest BCUT2D eigenvalue weighted by molar-refractivity contribution is -0.157. The molecule has 2 heterocycles. The summed E-state index contributed by atoms with van der Waals surface area (Å²) in [5, 5.41) is 0.971. The molecule has 1 aromatic heterocycles. The van der Waals surface area contributed by atoms with Gasteiger partial charge in [-0.3, -0.25) is 4.79 Å². The van der Waals surface area contributed by atoms with E-state index in [0.29, 0.717) is 22.6 Å². The van der Waals surface area contributed by atoms with Gasteiger partial charge >= 0.3 is 5.97 Å². The predicted molar refractivity (Wildman–Crippen MR) is 130 cm³/mol. The first-order valence-corrected chi connectivity index (χ1v) is 11.2. The summed E-state index contributed by atoms with van der Waals surface area (Å²) in [5.74, 6) is 1.22. The number of carbonyl (C=O) groups excluding carboxylic acids is 2. The molecule has 34 heavy (non-hydrogen) atoms. The van der Waals surface area contributed by atoms with Gasteiger partial charge in [0.2, 0.25) is 5.78 Å². The van der Waals surface area contributed by atoms with Gasteiger partial charge in [-0.25, -0.2) is 4.79 Å². The second kappa shape index (κ2) is 8.89. The van der Waals surface area contributed by atoms with Crippen molar-refractivity contribution in [3.05, 3.63) is 59.0 Å². The van der Waals surface area contributed by atoms with E-state index in [1.165, 1.54) is 0 Å². The van der Waals surface area contributed by atoms with Crippen LogP contribution in [0.3, 0.4) is 0 Å². The van der Waals surface area contributed by atoms with Gasteiger partial charge in [-0.1, -0.05) is 0 Å². The van der Waals surface area contributed by atoms with Gasteiger partial charge in [0, 0.05) is 34.8 Å². The standard InChI is InChI=1S/C27H29NO6/c1-7-28-14-17(20-13-18(31-6)8-10-21(20)28)12-23-25(30)19-9-11-22(16(2)26(19)33-23)32-15-24(29)34-27(3,4)5/h8-14H,7,15H2,1-6H3/b23-12+. The normalized spacial score (nSPS) is 14.3. The van der Waals surface area contributed by atoms with Crippen molar-refractivity contribution in [1.29, 1.82) is 0 Å². The van der Waals surface area contributed by atoms with Gasteiger partial charge in [0.05, 0.1) is 12.7 Å². The van der Waals surface area contributed by atoms with Crippen molar-refractivity contribution < 1.29 is 28.5 Å². The van der Waals surface area contributed by atoms with Crippen LogP contribution in [-0.4, -0.2) is 35.6 Å². The van der Waals surface area contributed by atoms with Gasteiger partial charge in [0.15, 0.2) is 12.4 Å². The molecule has 0 radical (unpaired) electrons. The van der Waals surface area contributed by atoms with Crippen LogP contribution in [0.4, 0.5) is 0 Å². The summed E-state index contributed by atoms with van der Waals surface area (Å²) >= 11 is 0. The third-order valence-electron chi connectivity index (χ3n) is 5.55. The minimum Gasteiger partial charge on any atom is -0.497 e. The number of methoxy groups -OCH3 is 1. The number of esters is 1. The Kier molecular flexibility index (Phi) is 6.13. The zero-order valence-corrected chi connectivity index (χ0v) is 20.4. The van der Waals surface area contributed by atoms with Crippen molar-refractivity contribution >= 4 is 28.7 Å². The highest BCUT2D eigenvalue weighted by atomic mass is 16.6. The number of hydrogen-bond donors (Lipinski definition) is 0. The third-order valence-corrected chi connectivity index (χ3v) is 5.55. The number of benzene rings is 2. The van der Waals surface area contributed by atoms with Crippen molar-refractivity contribution in [3.8, 4) is 17.2 Å². The smallest absolute Gasteiger partial charge is 0.344 e. The molecule has 1 aliphatic heterocycles. The number of hydrogen-bond acceptors (Lipinski definition) is 6. The Morgan fingerprint density at radius 3 is 2.62 bits per heavy atom. The number of aromatic nitrogens is 1. The molecule has 0 amide bonds. The van der Waals surface area contributed by atoms with Crippen LogP contribution in [0.15, 0.2) is 42.3 Å². The van der Waals surface area contributed by atoms with Crippen molar-refractivity contribution in [2.45, 2.75) is 46.8 Å². The average Bonchev–Trinajstić information content (AvgIpc) is 3.30. The maximum atomic E-state index is 13.1. The Bertz CT molecular complexity index is 1310. The number of fused-ring (bicyclic) bond motifs is 2. The number of ketones is 1. The number of allylic oxidation sites excluding steroid dienone is 1. The summed E-state index contributed by atoms with van der Waals surface area (Å²) in [6.45, 7) is 9.82. The molecular weight excluding hydrogens is 434 g/mol. The largest absolute Gasteiger partial charge is 0.497 e. The molecule has 7 heteroatoms. The first kappa shape index (κ1) is 23.4.